The summed E-state index contributed by atoms with van der Waals surface area (Å²) < 4.78 is 31.6. The van der Waals surface area contributed by atoms with Crippen molar-refractivity contribution in [2.75, 3.05) is 6.54 Å². The topological polar surface area (TPSA) is 84.0 Å². The second kappa shape index (κ2) is 6.51. The van der Waals surface area contributed by atoms with Crippen LogP contribution in [0.15, 0.2) is 41.8 Å². The largest absolute Gasteiger partial charge is 0.443 e. The maximum absolute atomic E-state index is 12.9. The van der Waals surface area contributed by atoms with E-state index in [1.807, 2.05) is 6.92 Å². The van der Waals surface area contributed by atoms with E-state index in [4.69, 9.17) is 4.74 Å². The molecule has 1 aromatic carbocycles. The van der Waals surface area contributed by atoms with Crippen molar-refractivity contribution in [3.8, 4) is 0 Å². The van der Waals surface area contributed by atoms with Gasteiger partial charge in [-0.05, 0) is 39.8 Å². The second-order valence-corrected chi connectivity index (χ2v) is 8.61. The molecule has 1 atom stereocenters. The zero-order valence-electron chi connectivity index (χ0n) is 14.7. The van der Waals surface area contributed by atoms with E-state index in [0.29, 0.717) is 4.31 Å². The second-order valence-electron chi connectivity index (χ2n) is 6.79. The summed E-state index contributed by atoms with van der Waals surface area (Å²) in [6.07, 6.45) is 0.444. The van der Waals surface area contributed by atoms with Gasteiger partial charge in [-0.3, -0.25) is 0 Å². The minimum absolute atomic E-state index is 0.0238. The summed E-state index contributed by atoms with van der Waals surface area (Å²) in [6, 6.07) is 4.33. The molecular formula is C17H22N2O5S. The van der Waals surface area contributed by atoms with Gasteiger partial charge < -0.3 is 4.74 Å². The molecule has 0 saturated carbocycles. The fourth-order valence-corrected chi connectivity index (χ4v) is 3.87. The molecule has 1 fully saturated rings. The van der Waals surface area contributed by atoms with Gasteiger partial charge in [0.25, 0.3) is 10.0 Å². The molecule has 136 valence electrons. The van der Waals surface area contributed by atoms with Crippen LogP contribution in [0.4, 0.5) is 9.59 Å². The van der Waals surface area contributed by atoms with Crippen molar-refractivity contribution in [3.05, 3.63) is 42.5 Å². The maximum Gasteiger partial charge on any atom is 0.418 e. The molecule has 1 aliphatic heterocycles. The summed E-state index contributed by atoms with van der Waals surface area (Å²) in [5.41, 5.74) is 0.0898. The van der Waals surface area contributed by atoms with Crippen molar-refractivity contribution in [1.82, 2.24) is 9.21 Å². The average Bonchev–Trinajstić information content (AvgIpc) is 2.83. The van der Waals surface area contributed by atoms with Crippen LogP contribution in [0.2, 0.25) is 0 Å². The number of rotatable bonds is 3. The number of ether oxygens (including phenoxy) is 1. The zero-order chi connectivity index (χ0) is 19.0. The minimum Gasteiger partial charge on any atom is -0.443 e. The molecule has 0 spiro atoms. The molecule has 1 aliphatic rings. The van der Waals surface area contributed by atoms with E-state index < -0.39 is 33.8 Å². The Labute approximate surface area is 147 Å². The summed E-state index contributed by atoms with van der Waals surface area (Å²) in [7, 11) is -4.11. The van der Waals surface area contributed by atoms with Crippen LogP contribution in [0.3, 0.4) is 0 Å². The summed E-state index contributed by atoms with van der Waals surface area (Å²) in [6.45, 7) is 10.3. The number of urea groups is 1. The van der Waals surface area contributed by atoms with Crippen molar-refractivity contribution in [2.45, 2.75) is 44.2 Å². The van der Waals surface area contributed by atoms with E-state index in [-0.39, 0.29) is 11.4 Å². The van der Waals surface area contributed by atoms with Crippen LogP contribution < -0.4 is 0 Å². The van der Waals surface area contributed by atoms with Crippen LogP contribution in [0, 0.1) is 6.92 Å². The summed E-state index contributed by atoms with van der Waals surface area (Å²) in [5, 5.41) is 0. The summed E-state index contributed by atoms with van der Waals surface area (Å²) in [4.78, 5) is 25.6. The number of carbonyl (C=O) groups is 2. The van der Waals surface area contributed by atoms with Gasteiger partial charge >= 0.3 is 12.1 Å². The highest BCUT2D eigenvalue weighted by molar-refractivity contribution is 7.89. The minimum atomic E-state index is -4.11. The molecule has 25 heavy (non-hydrogen) atoms. The quantitative estimate of drug-likeness (QED) is 0.768. The lowest BCUT2D eigenvalue weighted by Gasteiger charge is -2.23. The number of hydrogen-bond donors (Lipinski definition) is 0. The van der Waals surface area contributed by atoms with Crippen molar-refractivity contribution >= 4 is 22.1 Å². The number of sulfonamides is 1. The van der Waals surface area contributed by atoms with E-state index in [0.717, 1.165) is 10.5 Å². The highest BCUT2D eigenvalue weighted by Crippen LogP contribution is 2.27. The van der Waals surface area contributed by atoms with Crippen molar-refractivity contribution in [3.63, 3.8) is 0 Å². The molecule has 1 saturated heterocycles. The Hall–Kier alpha value is -2.35. The Morgan fingerprint density at radius 2 is 1.84 bits per heavy atom. The highest BCUT2D eigenvalue weighted by Gasteiger charge is 2.47. The van der Waals surface area contributed by atoms with E-state index in [1.165, 1.54) is 18.2 Å². The molecular weight excluding hydrogens is 344 g/mol. The molecule has 1 unspecified atom stereocenters. The van der Waals surface area contributed by atoms with Gasteiger partial charge in [0.1, 0.15) is 5.60 Å². The Kier molecular flexibility index (Phi) is 4.94. The molecule has 0 N–H and O–H groups in total. The molecule has 8 heteroatoms. The van der Waals surface area contributed by atoms with Crippen molar-refractivity contribution in [1.29, 1.82) is 0 Å². The van der Waals surface area contributed by atoms with Gasteiger partial charge in [-0.15, -0.1) is 6.58 Å². The first kappa shape index (κ1) is 19.0. The molecule has 0 aromatic heterocycles. The Bertz CT molecular complexity index is 793. The van der Waals surface area contributed by atoms with Gasteiger partial charge in [0.2, 0.25) is 0 Å². The molecule has 0 radical (unpaired) electrons. The van der Waals surface area contributed by atoms with Gasteiger partial charge in [0.05, 0.1) is 17.5 Å². The van der Waals surface area contributed by atoms with Gasteiger partial charge in [-0.1, -0.05) is 23.8 Å². The first-order valence-corrected chi connectivity index (χ1v) is 9.19. The standard InChI is InChI=1S/C17H22N2O5S/c1-6-13-11-18(16(21)24-17(3,4)5)15(20)19(13)25(22,23)14-9-7-12(2)8-10-14/h6-10,13H,1,11H2,2-5H3. The number of hydrogen-bond acceptors (Lipinski definition) is 5. The van der Waals surface area contributed by atoms with Crippen LogP contribution in [0.5, 0.6) is 0 Å². The third-order valence-electron chi connectivity index (χ3n) is 3.55. The third-order valence-corrected chi connectivity index (χ3v) is 5.37. The lowest BCUT2D eigenvalue weighted by atomic mass is 10.2. The number of carbonyl (C=O) groups excluding carboxylic acids is 2. The van der Waals surface area contributed by atoms with Gasteiger partial charge in [-0.2, -0.15) is 0 Å². The molecule has 7 nitrogen and oxygen atoms in total. The SMILES string of the molecule is C=CC1CN(C(=O)OC(C)(C)C)C(=O)N1S(=O)(=O)c1ccc(C)cc1. The third kappa shape index (κ3) is 3.84. The normalized spacial score (nSPS) is 18.4. The van der Waals surface area contributed by atoms with Gasteiger partial charge in [0, 0.05) is 0 Å². The molecule has 2 rings (SSSR count). The first-order chi connectivity index (χ1) is 11.5. The van der Waals surface area contributed by atoms with Gasteiger partial charge in [0.15, 0.2) is 0 Å². The number of benzene rings is 1. The van der Waals surface area contributed by atoms with Crippen LogP contribution >= 0.6 is 0 Å². The number of nitrogens with zero attached hydrogens (tertiary/aromatic N) is 2. The smallest absolute Gasteiger partial charge is 0.418 e. The lowest BCUT2D eigenvalue weighted by molar-refractivity contribution is 0.0349. The summed E-state index contributed by atoms with van der Waals surface area (Å²) >= 11 is 0. The van der Waals surface area contributed by atoms with Crippen LogP contribution in [0.25, 0.3) is 0 Å². The zero-order valence-corrected chi connectivity index (χ0v) is 15.5. The van der Waals surface area contributed by atoms with E-state index in [9.17, 15) is 18.0 Å². The van der Waals surface area contributed by atoms with E-state index in [1.54, 1.807) is 32.9 Å². The predicted octanol–water partition coefficient (Wildman–Crippen LogP) is 2.91. The van der Waals surface area contributed by atoms with E-state index in [2.05, 4.69) is 6.58 Å². The maximum atomic E-state index is 12.9. The molecule has 0 bridgehead atoms. The fourth-order valence-electron chi connectivity index (χ4n) is 2.34. The summed E-state index contributed by atoms with van der Waals surface area (Å²) in [5.74, 6) is 0. The Morgan fingerprint density at radius 3 is 2.32 bits per heavy atom. The average molecular weight is 366 g/mol. The van der Waals surface area contributed by atoms with E-state index >= 15 is 0 Å². The fraction of sp³-hybridized carbons (Fsp3) is 0.412. The van der Waals surface area contributed by atoms with Crippen LogP contribution in [-0.2, 0) is 14.8 Å². The number of aryl methyl sites for hydroxylation is 1. The predicted molar refractivity (Wildman–Crippen MR) is 92.5 cm³/mol. The molecule has 0 aliphatic carbocycles. The lowest BCUT2D eigenvalue weighted by Crippen LogP contribution is -2.42. The first-order valence-electron chi connectivity index (χ1n) is 7.75. The Balaban J connectivity index is 2.37. The highest BCUT2D eigenvalue weighted by atomic mass is 32.2. The van der Waals surface area contributed by atoms with Crippen LogP contribution in [0.1, 0.15) is 26.3 Å². The molecule has 1 aromatic rings. The van der Waals surface area contributed by atoms with Crippen LogP contribution in [-0.4, -0.2) is 47.9 Å². The number of amides is 3. The van der Waals surface area contributed by atoms with Gasteiger partial charge in [-0.25, -0.2) is 27.2 Å². The number of imide groups is 1. The monoisotopic (exact) mass is 366 g/mol. The Morgan fingerprint density at radius 1 is 1.28 bits per heavy atom. The molecule has 1 heterocycles. The van der Waals surface area contributed by atoms with Crippen molar-refractivity contribution < 1.29 is 22.7 Å². The molecule has 3 amide bonds. The van der Waals surface area contributed by atoms with Crippen molar-refractivity contribution in [2.24, 2.45) is 0 Å².